The average molecular weight is 407 g/mol. The largest absolute Gasteiger partial charge is 0.496 e. The Morgan fingerprint density at radius 3 is 2.30 bits per heavy atom. The number of carbonyl (C=O) groups excluding carboxylic acids is 2. The molecule has 0 saturated carbocycles. The molecule has 0 fully saturated rings. The van der Waals surface area contributed by atoms with Gasteiger partial charge in [-0.15, -0.1) is 0 Å². The van der Waals surface area contributed by atoms with Gasteiger partial charge in [0.1, 0.15) is 18.2 Å². The summed E-state index contributed by atoms with van der Waals surface area (Å²) in [5.41, 5.74) is 1.77. The summed E-state index contributed by atoms with van der Waals surface area (Å²) in [6.07, 6.45) is 0. The van der Waals surface area contributed by atoms with Crippen molar-refractivity contribution in [3.05, 3.63) is 101 Å². The summed E-state index contributed by atoms with van der Waals surface area (Å²) in [6.45, 7) is 0.228. The van der Waals surface area contributed by atoms with Gasteiger partial charge in [0.15, 0.2) is 0 Å². The molecule has 0 radical (unpaired) electrons. The van der Waals surface area contributed by atoms with Crippen LogP contribution in [0.4, 0.5) is 4.39 Å². The lowest BCUT2D eigenvalue weighted by atomic mass is 10.1. The summed E-state index contributed by atoms with van der Waals surface area (Å²) >= 11 is 0. The zero-order valence-electron chi connectivity index (χ0n) is 16.8. The number of amides is 1. The summed E-state index contributed by atoms with van der Waals surface area (Å²) in [6, 6.07) is 20.0. The lowest BCUT2D eigenvalue weighted by Gasteiger charge is -2.19. The maximum absolute atomic E-state index is 13.5. The molecule has 0 atom stereocenters. The first-order chi connectivity index (χ1) is 14.5. The molecular formula is C24H22FNO4. The molecule has 0 spiro atoms. The highest BCUT2D eigenvalue weighted by atomic mass is 19.1. The summed E-state index contributed by atoms with van der Waals surface area (Å²) in [7, 11) is 3.13. The Balaban J connectivity index is 1.75. The fourth-order valence-corrected chi connectivity index (χ4v) is 3.06. The molecule has 0 saturated heterocycles. The molecule has 0 N–H and O–H groups in total. The van der Waals surface area contributed by atoms with Gasteiger partial charge in [-0.05, 0) is 35.9 Å². The zero-order valence-corrected chi connectivity index (χ0v) is 16.8. The molecule has 6 heteroatoms. The van der Waals surface area contributed by atoms with Gasteiger partial charge in [0.25, 0.3) is 5.91 Å². The highest BCUT2D eigenvalue weighted by Crippen LogP contribution is 2.21. The van der Waals surface area contributed by atoms with Crippen LogP contribution in [0.5, 0.6) is 5.75 Å². The minimum absolute atomic E-state index is 0.151. The number of benzene rings is 3. The third-order valence-electron chi connectivity index (χ3n) is 4.59. The number of carbonyl (C=O) groups is 2. The zero-order chi connectivity index (χ0) is 21.5. The first kappa shape index (κ1) is 21.0. The van der Waals surface area contributed by atoms with E-state index in [0.29, 0.717) is 17.9 Å². The minimum Gasteiger partial charge on any atom is -0.496 e. The van der Waals surface area contributed by atoms with E-state index >= 15 is 0 Å². The summed E-state index contributed by atoms with van der Waals surface area (Å²) in [4.78, 5) is 27.2. The number of ether oxygens (including phenoxy) is 2. The molecule has 154 valence electrons. The van der Waals surface area contributed by atoms with Crippen LogP contribution in [0.3, 0.4) is 0 Å². The van der Waals surface area contributed by atoms with Gasteiger partial charge in [0.05, 0.1) is 18.2 Å². The molecule has 3 aromatic rings. The van der Waals surface area contributed by atoms with E-state index in [9.17, 15) is 14.0 Å². The van der Waals surface area contributed by atoms with Gasteiger partial charge in [-0.3, -0.25) is 4.79 Å². The van der Waals surface area contributed by atoms with Gasteiger partial charge < -0.3 is 14.4 Å². The van der Waals surface area contributed by atoms with Crippen molar-refractivity contribution in [2.45, 2.75) is 13.2 Å². The topological polar surface area (TPSA) is 55.8 Å². The second-order valence-electron chi connectivity index (χ2n) is 6.72. The monoisotopic (exact) mass is 407 g/mol. The Morgan fingerprint density at radius 2 is 1.60 bits per heavy atom. The van der Waals surface area contributed by atoms with Gasteiger partial charge in [-0.25, -0.2) is 9.18 Å². The van der Waals surface area contributed by atoms with Crippen molar-refractivity contribution in [2.75, 3.05) is 14.2 Å². The Morgan fingerprint density at radius 1 is 0.933 bits per heavy atom. The van der Waals surface area contributed by atoms with Gasteiger partial charge in [0.2, 0.25) is 0 Å². The maximum atomic E-state index is 13.5. The number of halogens is 1. The third-order valence-corrected chi connectivity index (χ3v) is 4.59. The number of nitrogens with zero attached hydrogens (tertiary/aromatic N) is 1. The fraction of sp³-hybridized carbons (Fsp3) is 0.167. The number of esters is 1. The standard InChI is InChI=1S/C24H22FNO4/c1-26(15-17-8-4-3-5-9-17)23(27)20-10-6-7-11-21(20)24(28)30-16-18-14-19(25)12-13-22(18)29-2/h3-14H,15-16H2,1-2H3. The normalized spacial score (nSPS) is 10.4. The maximum Gasteiger partial charge on any atom is 0.339 e. The minimum atomic E-state index is -0.668. The van der Waals surface area contributed by atoms with Crippen LogP contribution in [0.2, 0.25) is 0 Å². The van der Waals surface area contributed by atoms with Crippen molar-refractivity contribution in [1.82, 2.24) is 4.90 Å². The number of methoxy groups -OCH3 is 1. The Bertz CT molecular complexity index is 1040. The van der Waals surface area contributed by atoms with Crippen molar-refractivity contribution in [1.29, 1.82) is 0 Å². The van der Waals surface area contributed by atoms with E-state index < -0.39 is 11.8 Å². The van der Waals surface area contributed by atoms with Crippen molar-refractivity contribution in [3.63, 3.8) is 0 Å². The average Bonchev–Trinajstić information content (AvgIpc) is 2.77. The van der Waals surface area contributed by atoms with E-state index in [1.807, 2.05) is 30.3 Å². The number of hydrogen-bond acceptors (Lipinski definition) is 4. The van der Waals surface area contributed by atoms with Crippen LogP contribution in [0, 0.1) is 5.82 Å². The first-order valence-corrected chi connectivity index (χ1v) is 9.37. The second-order valence-corrected chi connectivity index (χ2v) is 6.72. The van der Waals surface area contributed by atoms with Crippen molar-refractivity contribution in [2.24, 2.45) is 0 Å². The Kier molecular flexibility index (Phi) is 6.80. The number of rotatable bonds is 7. The lowest BCUT2D eigenvalue weighted by molar-refractivity contribution is 0.0464. The molecule has 0 heterocycles. The Labute approximate surface area is 174 Å². The summed E-state index contributed by atoms with van der Waals surface area (Å²) in [5, 5.41) is 0. The molecule has 0 aliphatic rings. The number of hydrogen-bond donors (Lipinski definition) is 0. The van der Waals surface area contributed by atoms with Gasteiger partial charge in [-0.1, -0.05) is 42.5 Å². The molecule has 30 heavy (non-hydrogen) atoms. The van der Waals surface area contributed by atoms with E-state index in [1.165, 1.54) is 36.3 Å². The molecule has 0 unspecified atom stereocenters. The molecule has 0 aromatic heterocycles. The molecule has 0 aliphatic heterocycles. The van der Waals surface area contributed by atoms with Crippen molar-refractivity contribution >= 4 is 11.9 Å². The van der Waals surface area contributed by atoms with Crippen LogP contribution >= 0.6 is 0 Å². The van der Waals surface area contributed by atoms with Crippen LogP contribution in [-0.2, 0) is 17.9 Å². The molecule has 1 amide bonds. The van der Waals surface area contributed by atoms with E-state index in [2.05, 4.69) is 0 Å². The Hall–Kier alpha value is -3.67. The predicted molar refractivity (Wildman–Crippen MR) is 111 cm³/mol. The highest BCUT2D eigenvalue weighted by molar-refractivity contribution is 6.05. The molecular weight excluding hydrogens is 385 g/mol. The quantitative estimate of drug-likeness (QED) is 0.543. The summed E-state index contributed by atoms with van der Waals surface area (Å²) in [5.74, 6) is -1.01. The SMILES string of the molecule is COc1ccc(F)cc1COC(=O)c1ccccc1C(=O)N(C)Cc1ccccc1. The van der Waals surface area contributed by atoms with Crippen LogP contribution in [0.25, 0.3) is 0 Å². The van der Waals surface area contributed by atoms with Crippen LogP contribution in [-0.4, -0.2) is 30.9 Å². The van der Waals surface area contributed by atoms with E-state index in [-0.39, 0.29) is 23.6 Å². The molecule has 3 aromatic carbocycles. The van der Waals surface area contributed by atoms with Crippen LogP contribution in [0.15, 0.2) is 72.8 Å². The van der Waals surface area contributed by atoms with Crippen molar-refractivity contribution in [3.8, 4) is 5.75 Å². The summed E-state index contributed by atoms with van der Waals surface area (Å²) < 4.78 is 24.0. The fourth-order valence-electron chi connectivity index (χ4n) is 3.06. The smallest absolute Gasteiger partial charge is 0.339 e. The molecule has 0 aliphatic carbocycles. The van der Waals surface area contributed by atoms with E-state index in [4.69, 9.17) is 9.47 Å². The lowest BCUT2D eigenvalue weighted by Crippen LogP contribution is -2.28. The van der Waals surface area contributed by atoms with Crippen molar-refractivity contribution < 1.29 is 23.5 Å². The predicted octanol–water partition coefficient (Wildman–Crippen LogP) is 4.46. The molecule has 0 bridgehead atoms. The van der Waals surface area contributed by atoms with E-state index in [0.717, 1.165) is 5.56 Å². The van der Waals surface area contributed by atoms with Crippen LogP contribution in [0.1, 0.15) is 31.8 Å². The van der Waals surface area contributed by atoms with E-state index in [1.54, 1.807) is 25.2 Å². The molecule has 3 rings (SSSR count). The van der Waals surface area contributed by atoms with Gasteiger partial charge in [0, 0.05) is 19.2 Å². The second kappa shape index (κ2) is 9.69. The third kappa shape index (κ3) is 5.03. The molecule has 5 nitrogen and oxygen atoms in total. The van der Waals surface area contributed by atoms with Gasteiger partial charge in [-0.2, -0.15) is 0 Å². The van der Waals surface area contributed by atoms with Gasteiger partial charge >= 0.3 is 5.97 Å². The first-order valence-electron chi connectivity index (χ1n) is 9.37. The highest BCUT2D eigenvalue weighted by Gasteiger charge is 2.21. The van der Waals surface area contributed by atoms with Crippen LogP contribution < -0.4 is 4.74 Å².